The van der Waals surface area contributed by atoms with E-state index in [9.17, 15) is 24.8 Å². The standard InChI is InChI=1S/C25H28FNO5/c26-21-3-1-2-18(13-21)25(31)16-32-22-7-4-17(5-8-22)10-11-27-14-24(30)19-6-9-23(29)20(12-19)15-28/h1-9,12-13,24-25,27-31H,10-11,14-16H2. The minimum atomic E-state index is -0.914. The number of nitrogens with one attached hydrogen (secondary N) is 1. The maximum Gasteiger partial charge on any atom is 0.123 e. The molecular formula is C25H28FNO5. The van der Waals surface area contributed by atoms with Crippen LogP contribution in [0.25, 0.3) is 0 Å². The minimum absolute atomic E-state index is 0.00677. The van der Waals surface area contributed by atoms with Crippen LogP contribution in [0.5, 0.6) is 11.5 Å². The second-order valence-corrected chi connectivity index (χ2v) is 7.54. The normalized spacial score (nSPS) is 13.0. The molecule has 2 unspecified atom stereocenters. The predicted molar refractivity (Wildman–Crippen MR) is 119 cm³/mol. The van der Waals surface area contributed by atoms with Gasteiger partial charge in [0, 0.05) is 12.1 Å². The Kier molecular flexibility index (Phi) is 8.58. The SMILES string of the molecule is OCc1cc(C(O)CNCCc2ccc(OCC(O)c3cccc(F)c3)cc2)ccc1O. The van der Waals surface area contributed by atoms with Gasteiger partial charge in [-0.05, 0) is 66.1 Å². The summed E-state index contributed by atoms with van der Waals surface area (Å²) in [6, 6.07) is 18.0. The van der Waals surface area contributed by atoms with Crippen LogP contribution in [0.4, 0.5) is 4.39 Å². The molecule has 170 valence electrons. The lowest BCUT2D eigenvalue weighted by molar-refractivity contribution is 0.108. The van der Waals surface area contributed by atoms with Crippen LogP contribution >= 0.6 is 0 Å². The summed E-state index contributed by atoms with van der Waals surface area (Å²) in [5, 5.41) is 42.4. The summed E-state index contributed by atoms with van der Waals surface area (Å²) in [4.78, 5) is 0. The first-order chi connectivity index (χ1) is 15.5. The highest BCUT2D eigenvalue weighted by atomic mass is 19.1. The molecule has 32 heavy (non-hydrogen) atoms. The van der Waals surface area contributed by atoms with Gasteiger partial charge >= 0.3 is 0 Å². The van der Waals surface area contributed by atoms with Gasteiger partial charge in [0.25, 0.3) is 0 Å². The van der Waals surface area contributed by atoms with E-state index in [2.05, 4.69) is 5.32 Å². The maximum absolute atomic E-state index is 13.2. The van der Waals surface area contributed by atoms with Crippen LogP contribution < -0.4 is 10.1 Å². The van der Waals surface area contributed by atoms with Crippen LogP contribution in [0.1, 0.15) is 34.5 Å². The Labute approximate surface area is 186 Å². The van der Waals surface area contributed by atoms with Crippen molar-refractivity contribution in [1.82, 2.24) is 5.32 Å². The van der Waals surface area contributed by atoms with Crippen LogP contribution in [0.15, 0.2) is 66.7 Å². The first-order valence-electron chi connectivity index (χ1n) is 10.4. The minimum Gasteiger partial charge on any atom is -0.508 e. The van der Waals surface area contributed by atoms with Crippen LogP contribution in [0.3, 0.4) is 0 Å². The van der Waals surface area contributed by atoms with E-state index in [4.69, 9.17) is 4.74 Å². The Morgan fingerprint density at radius 2 is 1.66 bits per heavy atom. The lowest BCUT2D eigenvalue weighted by Gasteiger charge is -2.14. The molecule has 0 bridgehead atoms. The van der Waals surface area contributed by atoms with E-state index in [-0.39, 0.29) is 19.0 Å². The molecular weight excluding hydrogens is 413 g/mol. The number of hydrogen-bond donors (Lipinski definition) is 5. The molecule has 2 atom stereocenters. The van der Waals surface area contributed by atoms with Gasteiger partial charge in [0.05, 0.1) is 12.7 Å². The largest absolute Gasteiger partial charge is 0.508 e. The topological polar surface area (TPSA) is 102 Å². The van der Waals surface area contributed by atoms with Crippen molar-refractivity contribution >= 4 is 0 Å². The molecule has 0 fully saturated rings. The molecule has 0 aliphatic rings. The van der Waals surface area contributed by atoms with E-state index in [0.717, 1.165) is 12.0 Å². The lowest BCUT2D eigenvalue weighted by atomic mass is 10.1. The van der Waals surface area contributed by atoms with Crippen LogP contribution in [-0.4, -0.2) is 40.1 Å². The van der Waals surface area contributed by atoms with E-state index in [1.165, 1.54) is 18.2 Å². The van der Waals surface area contributed by atoms with Gasteiger partial charge in [-0.3, -0.25) is 0 Å². The molecule has 3 aromatic carbocycles. The summed E-state index contributed by atoms with van der Waals surface area (Å²) < 4.78 is 18.8. The number of aliphatic hydroxyl groups is 3. The molecule has 0 aliphatic carbocycles. The van der Waals surface area contributed by atoms with E-state index in [0.29, 0.717) is 35.5 Å². The highest BCUT2D eigenvalue weighted by molar-refractivity contribution is 5.36. The van der Waals surface area contributed by atoms with Gasteiger partial charge in [-0.1, -0.05) is 30.3 Å². The Morgan fingerprint density at radius 1 is 0.906 bits per heavy atom. The Bertz CT molecular complexity index is 996. The van der Waals surface area contributed by atoms with Gasteiger partial charge in [0.15, 0.2) is 0 Å². The van der Waals surface area contributed by atoms with Crippen molar-refractivity contribution < 1.29 is 29.6 Å². The third kappa shape index (κ3) is 6.77. The maximum atomic E-state index is 13.2. The Morgan fingerprint density at radius 3 is 2.38 bits per heavy atom. The van der Waals surface area contributed by atoms with E-state index in [1.54, 1.807) is 24.3 Å². The van der Waals surface area contributed by atoms with Gasteiger partial charge in [-0.15, -0.1) is 0 Å². The highest BCUT2D eigenvalue weighted by Gasteiger charge is 2.11. The fourth-order valence-corrected chi connectivity index (χ4v) is 3.27. The summed E-state index contributed by atoms with van der Waals surface area (Å²) in [7, 11) is 0. The molecule has 5 N–H and O–H groups in total. The molecule has 7 heteroatoms. The fourth-order valence-electron chi connectivity index (χ4n) is 3.27. The third-order valence-corrected chi connectivity index (χ3v) is 5.15. The van der Waals surface area contributed by atoms with Crippen molar-refractivity contribution in [2.75, 3.05) is 19.7 Å². The van der Waals surface area contributed by atoms with Crippen molar-refractivity contribution in [2.24, 2.45) is 0 Å². The quantitative estimate of drug-likeness (QED) is 0.293. The molecule has 0 heterocycles. The predicted octanol–water partition coefficient (Wildman–Crippen LogP) is 3.00. The zero-order valence-electron chi connectivity index (χ0n) is 17.6. The number of phenols is 1. The number of hydrogen-bond acceptors (Lipinski definition) is 6. The summed E-state index contributed by atoms with van der Waals surface area (Å²) in [6.45, 7) is 0.732. The number of ether oxygens (including phenoxy) is 1. The molecule has 0 saturated heterocycles. The number of rotatable bonds is 11. The molecule has 0 aliphatic heterocycles. The molecule has 0 radical (unpaired) electrons. The van der Waals surface area contributed by atoms with Crippen molar-refractivity contribution in [2.45, 2.75) is 25.2 Å². The van der Waals surface area contributed by atoms with Crippen molar-refractivity contribution in [3.8, 4) is 11.5 Å². The average Bonchev–Trinajstić information content (AvgIpc) is 2.81. The molecule has 0 amide bonds. The molecule has 6 nitrogen and oxygen atoms in total. The first kappa shape index (κ1) is 23.7. The van der Waals surface area contributed by atoms with E-state index in [1.807, 2.05) is 24.3 Å². The molecule has 3 aromatic rings. The van der Waals surface area contributed by atoms with Gasteiger partial charge < -0.3 is 30.5 Å². The first-order valence-corrected chi connectivity index (χ1v) is 10.4. The zero-order chi connectivity index (χ0) is 22.9. The van der Waals surface area contributed by atoms with Crippen molar-refractivity contribution in [1.29, 1.82) is 0 Å². The van der Waals surface area contributed by atoms with Gasteiger partial charge in [-0.25, -0.2) is 4.39 Å². The second kappa shape index (κ2) is 11.6. The fraction of sp³-hybridized carbons (Fsp3) is 0.280. The smallest absolute Gasteiger partial charge is 0.123 e. The van der Waals surface area contributed by atoms with Crippen molar-refractivity contribution in [3.05, 3.63) is 94.8 Å². The van der Waals surface area contributed by atoms with Crippen LogP contribution in [0.2, 0.25) is 0 Å². The Hall–Kier alpha value is -2.97. The average molecular weight is 441 g/mol. The number of aliphatic hydroxyl groups excluding tert-OH is 3. The van der Waals surface area contributed by atoms with E-state index >= 15 is 0 Å². The highest BCUT2D eigenvalue weighted by Crippen LogP contribution is 2.22. The van der Waals surface area contributed by atoms with Crippen LogP contribution in [0, 0.1) is 5.82 Å². The summed E-state index contributed by atoms with van der Waals surface area (Å²) >= 11 is 0. The number of aromatic hydroxyl groups is 1. The van der Waals surface area contributed by atoms with E-state index < -0.39 is 18.0 Å². The summed E-state index contributed by atoms with van der Waals surface area (Å²) in [6.07, 6.45) is -0.916. The molecule has 0 spiro atoms. The van der Waals surface area contributed by atoms with Gasteiger partial charge in [0.1, 0.15) is 30.0 Å². The lowest BCUT2D eigenvalue weighted by Crippen LogP contribution is -2.23. The summed E-state index contributed by atoms with van der Waals surface area (Å²) in [5.74, 6) is 0.219. The Balaban J connectivity index is 1.40. The summed E-state index contributed by atoms with van der Waals surface area (Å²) in [5.41, 5.74) is 2.56. The zero-order valence-corrected chi connectivity index (χ0v) is 17.6. The molecule has 0 aromatic heterocycles. The monoisotopic (exact) mass is 441 g/mol. The number of halogens is 1. The third-order valence-electron chi connectivity index (χ3n) is 5.15. The number of benzene rings is 3. The van der Waals surface area contributed by atoms with Crippen LogP contribution in [-0.2, 0) is 13.0 Å². The molecule has 0 saturated carbocycles. The van der Waals surface area contributed by atoms with Crippen molar-refractivity contribution in [3.63, 3.8) is 0 Å². The molecule has 3 rings (SSSR count). The van der Waals surface area contributed by atoms with Gasteiger partial charge in [-0.2, -0.15) is 0 Å². The van der Waals surface area contributed by atoms with Gasteiger partial charge in [0.2, 0.25) is 0 Å². The second-order valence-electron chi connectivity index (χ2n) is 7.54.